The molecule has 0 amide bonds. The molecule has 0 heterocycles. The third kappa shape index (κ3) is 4.03. The summed E-state index contributed by atoms with van der Waals surface area (Å²) in [6.07, 6.45) is 0. The second-order valence-electron chi connectivity index (χ2n) is 0.835. The van der Waals surface area contributed by atoms with Gasteiger partial charge in [0.25, 0.3) is 0 Å². The molecular formula is C3H7AsO2. The van der Waals surface area contributed by atoms with Crippen LogP contribution < -0.4 is 0 Å². The van der Waals surface area contributed by atoms with Crippen LogP contribution in [0.4, 0.5) is 4.79 Å². The van der Waals surface area contributed by atoms with Gasteiger partial charge < -0.3 is 0 Å². The van der Waals surface area contributed by atoms with E-state index >= 15 is 0 Å². The molecule has 0 aromatic rings. The van der Waals surface area contributed by atoms with Crippen molar-refractivity contribution in [2.75, 3.05) is 0 Å². The Balaban J connectivity index is 2.83. The van der Waals surface area contributed by atoms with E-state index in [0.29, 0.717) is 0 Å². The van der Waals surface area contributed by atoms with Gasteiger partial charge in [-0.2, -0.15) is 0 Å². The quantitative estimate of drug-likeness (QED) is 0.583. The molecule has 1 atom stereocenters. The van der Waals surface area contributed by atoms with Crippen molar-refractivity contribution in [2.24, 2.45) is 0 Å². The molecule has 36 valence electrons. The Labute approximate surface area is 43.2 Å². The summed E-state index contributed by atoms with van der Waals surface area (Å²) >= 11 is -0.625. The zero-order chi connectivity index (χ0) is 4.99. The van der Waals surface area contributed by atoms with E-state index in [2.05, 4.69) is 0 Å². The molecule has 0 aromatic heterocycles. The molecule has 0 bridgehead atoms. The molecule has 1 N–H and O–H groups in total. The van der Waals surface area contributed by atoms with Gasteiger partial charge in [0.05, 0.1) is 0 Å². The second-order valence-corrected chi connectivity index (χ2v) is 3.96. The molecule has 0 aromatic carbocycles. The van der Waals surface area contributed by atoms with Crippen LogP contribution in [0, 0.1) is 0 Å². The SMILES string of the molecule is CC[AsH]C(=O)O. The predicted octanol–water partition coefficient (Wildman–Crippen LogP) is 0.539. The molecule has 0 aliphatic carbocycles. The third-order valence-electron chi connectivity index (χ3n) is 0.328. The molecule has 0 saturated heterocycles. The zero-order valence-corrected chi connectivity index (χ0v) is 5.66. The summed E-state index contributed by atoms with van der Waals surface area (Å²) in [7, 11) is 0. The van der Waals surface area contributed by atoms with Gasteiger partial charge in [0.1, 0.15) is 0 Å². The number of rotatable bonds is 2. The molecule has 3 heteroatoms. The van der Waals surface area contributed by atoms with Gasteiger partial charge in [0.2, 0.25) is 0 Å². The van der Waals surface area contributed by atoms with E-state index in [-0.39, 0.29) is 0 Å². The van der Waals surface area contributed by atoms with Gasteiger partial charge in [-0.05, 0) is 0 Å². The Morgan fingerprint density at radius 1 is 2.00 bits per heavy atom. The first-order valence-electron chi connectivity index (χ1n) is 1.74. The second kappa shape index (κ2) is 3.23. The van der Waals surface area contributed by atoms with E-state index in [1.54, 1.807) is 0 Å². The molecule has 0 radical (unpaired) electrons. The monoisotopic (exact) mass is 150 g/mol. The Hall–Kier alpha value is 0.0284. The minimum atomic E-state index is -0.625. The first-order valence-corrected chi connectivity index (χ1v) is 4.27. The van der Waals surface area contributed by atoms with Gasteiger partial charge in [-0.1, -0.05) is 0 Å². The van der Waals surface area contributed by atoms with Crippen LogP contribution in [0.25, 0.3) is 0 Å². The van der Waals surface area contributed by atoms with Gasteiger partial charge in [-0.25, -0.2) is 0 Å². The maximum absolute atomic E-state index is 9.65. The van der Waals surface area contributed by atoms with Crippen molar-refractivity contribution in [3.05, 3.63) is 0 Å². The number of carboxylic acid groups (broad SMARTS) is 1. The topological polar surface area (TPSA) is 37.3 Å². The average molecular weight is 150 g/mol. The van der Waals surface area contributed by atoms with E-state index in [1.807, 2.05) is 6.92 Å². The molecule has 0 aliphatic rings. The normalized spacial score (nSPS) is 10.2. The van der Waals surface area contributed by atoms with Crippen LogP contribution in [-0.4, -0.2) is 25.6 Å². The van der Waals surface area contributed by atoms with Crippen molar-refractivity contribution in [3.8, 4) is 0 Å². The van der Waals surface area contributed by atoms with Crippen LogP contribution in [0.2, 0.25) is 5.21 Å². The molecule has 0 fully saturated rings. The van der Waals surface area contributed by atoms with E-state index in [4.69, 9.17) is 5.11 Å². The van der Waals surface area contributed by atoms with Crippen molar-refractivity contribution < 1.29 is 9.90 Å². The molecule has 2 nitrogen and oxygen atoms in total. The molecular weight excluding hydrogens is 143 g/mol. The van der Waals surface area contributed by atoms with Crippen LogP contribution in [0.5, 0.6) is 0 Å². The van der Waals surface area contributed by atoms with Crippen molar-refractivity contribution in [2.45, 2.75) is 12.1 Å². The molecule has 1 unspecified atom stereocenters. The van der Waals surface area contributed by atoms with E-state index < -0.39 is 20.5 Å². The fraction of sp³-hybridized carbons (Fsp3) is 0.667. The average Bonchev–Trinajstić information content (AvgIpc) is 1.35. The zero-order valence-electron chi connectivity index (χ0n) is 3.56. The summed E-state index contributed by atoms with van der Waals surface area (Å²) in [6.45, 7) is 1.90. The van der Waals surface area contributed by atoms with Crippen LogP contribution in [0.1, 0.15) is 6.92 Å². The first-order chi connectivity index (χ1) is 2.77. The molecule has 0 spiro atoms. The maximum atomic E-state index is 9.65. The third-order valence-corrected chi connectivity index (χ3v) is 1.70. The summed E-state index contributed by atoms with van der Waals surface area (Å²) in [5.74, 6) is 0. The minimum absolute atomic E-state index is 0.586. The van der Waals surface area contributed by atoms with Gasteiger partial charge in [-0.3, -0.25) is 0 Å². The van der Waals surface area contributed by atoms with Crippen molar-refractivity contribution in [1.82, 2.24) is 0 Å². The first kappa shape index (κ1) is 6.03. The molecule has 0 aliphatic heterocycles. The van der Waals surface area contributed by atoms with Gasteiger partial charge in [0.15, 0.2) is 0 Å². The van der Waals surface area contributed by atoms with Crippen LogP contribution in [-0.2, 0) is 0 Å². The Bertz CT molecular complexity index is 52.8. The fourth-order valence-corrected chi connectivity index (χ4v) is 0.786. The summed E-state index contributed by atoms with van der Waals surface area (Å²) in [6, 6.07) is 0. The Kier molecular flexibility index (Phi) is 3.24. The van der Waals surface area contributed by atoms with Gasteiger partial charge >= 0.3 is 42.5 Å². The van der Waals surface area contributed by atoms with Crippen molar-refractivity contribution >= 4 is 20.5 Å². The van der Waals surface area contributed by atoms with Crippen molar-refractivity contribution in [3.63, 3.8) is 0 Å². The fourth-order valence-electron chi connectivity index (χ4n) is 0.151. The van der Waals surface area contributed by atoms with Crippen LogP contribution >= 0.6 is 0 Å². The van der Waals surface area contributed by atoms with Crippen LogP contribution in [0.15, 0.2) is 0 Å². The van der Waals surface area contributed by atoms with Crippen LogP contribution in [0.3, 0.4) is 0 Å². The van der Waals surface area contributed by atoms with E-state index in [1.165, 1.54) is 0 Å². The standard InChI is InChI=1S/C3H7AsO2/c1-2-4-3(5)6/h4H,2H2,1H3,(H,5,6). The van der Waals surface area contributed by atoms with Gasteiger partial charge in [-0.15, -0.1) is 0 Å². The number of hydrogen-bond acceptors (Lipinski definition) is 1. The predicted molar refractivity (Wildman–Crippen MR) is 25.7 cm³/mol. The number of carbonyl (C=O) groups is 1. The summed E-state index contributed by atoms with van der Waals surface area (Å²) in [5, 5.41) is 8.83. The summed E-state index contributed by atoms with van der Waals surface area (Å²) in [4.78, 5) is 9.65. The van der Waals surface area contributed by atoms with Gasteiger partial charge in [0, 0.05) is 0 Å². The Morgan fingerprint density at radius 2 is 2.50 bits per heavy atom. The molecule has 6 heavy (non-hydrogen) atoms. The molecule has 0 saturated carbocycles. The number of hydrogen-bond donors (Lipinski definition) is 1. The Morgan fingerprint density at radius 3 is 2.50 bits per heavy atom. The summed E-state index contributed by atoms with van der Waals surface area (Å²) in [5.41, 5.74) is 0. The summed E-state index contributed by atoms with van der Waals surface area (Å²) < 4.78 is -0.586. The van der Waals surface area contributed by atoms with E-state index in [0.717, 1.165) is 5.21 Å². The molecule has 0 rings (SSSR count). The van der Waals surface area contributed by atoms with Crippen molar-refractivity contribution in [1.29, 1.82) is 0 Å². The van der Waals surface area contributed by atoms with E-state index in [9.17, 15) is 4.79 Å².